The molecule has 0 bridgehead atoms. The minimum atomic E-state index is 0.540. The lowest BCUT2D eigenvalue weighted by atomic mass is 10.0. The Morgan fingerprint density at radius 3 is 2.96 bits per heavy atom. The molecule has 1 aliphatic carbocycles. The van der Waals surface area contributed by atoms with Gasteiger partial charge in [0.2, 0.25) is 5.89 Å². The molecular formula is C20H24N4O. The Labute approximate surface area is 147 Å². The second-order valence-corrected chi connectivity index (χ2v) is 7.38. The zero-order valence-corrected chi connectivity index (χ0v) is 14.7. The van der Waals surface area contributed by atoms with Gasteiger partial charge in [0.25, 0.3) is 0 Å². The Balaban J connectivity index is 1.34. The molecule has 3 aromatic rings. The van der Waals surface area contributed by atoms with Crippen LogP contribution in [0.15, 0.2) is 28.7 Å². The highest BCUT2D eigenvalue weighted by Gasteiger charge is 2.29. The maximum absolute atomic E-state index is 5.90. The van der Waals surface area contributed by atoms with Crippen molar-refractivity contribution in [1.82, 2.24) is 19.4 Å². The van der Waals surface area contributed by atoms with Crippen LogP contribution in [-0.2, 0) is 19.4 Å². The fourth-order valence-electron chi connectivity index (χ4n) is 4.53. The summed E-state index contributed by atoms with van der Waals surface area (Å²) >= 11 is 0. The first-order valence-corrected chi connectivity index (χ1v) is 9.41. The Bertz CT molecular complexity index is 877. The highest BCUT2D eigenvalue weighted by atomic mass is 16.3. The maximum Gasteiger partial charge on any atom is 0.209 e. The molecule has 25 heavy (non-hydrogen) atoms. The summed E-state index contributed by atoms with van der Waals surface area (Å²) in [4.78, 5) is 11.9. The van der Waals surface area contributed by atoms with Crippen molar-refractivity contribution in [3.05, 3.63) is 47.4 Å². The number of fused-ring (bicyclic) bond motifs is 2. The quantitative estimate of drug-likeness (QED) is 0.732. The minimum absolute atomic E-state index is 0.540. The summed E-state index contributed by atoms with van der Waals surface area (Å²) in [7, 11) is 0. The first-order chi connectivity index (χ1) is 12.3. The van der Waals surface area contributed by atoms with Crippen molar-refractivity contribution >= 4 is 11.1 Å². The van der Waals surface area contributed by atoms with Crippen LogP contribution >= 0.6 is 0 Å². The molecule has 1 fully saturated rings. The number of imidazole rings is 1. The van der Waals surface area contributed by atoms with Crippen LogP contribution < -0.4 is 0 Å². The van der Waals surface area contributed by atoms with Gasteiger partial charge in [0.05, 0.1) is 12.2 Å². The van der Waals surface area contributed by atoms with Gasteiger partial charge in [0.15, 0.2) is 5.58 Å². The zero-order chi connectivity index (χ0) is 16.8. The van der Waals surface area contributed by atoms with E-state index in [9.17, 15) is 0 Å². The molecule has 0 radical (unpaired) electrons. The van der Waals surface area contributed by atoms with Crippen LogP contribution in [0.1, 0.15) is 48.4 Å². The van der Waals surface area contributed by atoms with E-state index in [1.807, 2.05) is 24.3 Å². The first kappa shape index (κ1) is 15.1. The van der Waals surface area contributed by atoms with Gasteiger partial charge >= 0.3 is 0 Å². The molecule has 1 aliphatic heterocycles. The lowest BCUT2D eigenvalue weighted by Crippen LogP contribution is -2.22. The van der Waals surface area contributed by atoms with Crippen LogP contribution in [0.2, 0.25) is 0 Å². The molecule has 3 heterocycles. The third-order valence-electron chi connectivity index (χ3n) is 5.66. The molecule has 1 aromatic carbocycles. The van der Waals surface area contributed by atoms with E-state index in [1.54, 1.807) is 0 Å². The number of hydrogen-bond donors (Lipinski definition) is 0. The van der Waals surface area contributed by atoms with Crippen molar-refractivity contribution in [2.75, 3.05) is 13.1 Å². The first-order valence-electron chi connectivity index (χ1n) is 9.41. The van der Waals surface area contributed by atoms with Gasteiger partial charge in [-0.3, -0.25) is 4.90 Å². The Morgan fingerprint density at radius 1 is 1.16 bits per heavy atom. The van der Waals surface area contributed by atoms with Crippen molar-refractivity contribution in [3.63, 3.8) is 0 Å². The van der Waals surface area contributed by atoms with E-state index in [4.69, 9.17) is 9.40 Å². The van der Waals surface area contributed by atoms with Gasteiger partial charge in [-0.1, -0.05) is 12.1 Å². The molecule has 2 aromatic heterocycles. The van der Waals surface area contributed by atoms with E-state index in [-0.39, 0.29) is 0 Å². The van der Waals surface area contributed by atoms with E-state index in [0.29, 0.717) is 6.04 Å². The topological polar surface area (TPSA) is 47.1 Å². The Hall–Kier alpha value is -2.14. The second-order valence-electron chi connectivity index (χ2n) is 7.38. The smallest absolute Gasteiger partial charge is 0.209 e. The minimum Gasteiger partial charge on any atom is -0.439 e. The number of hydrogen-bond acceptors (Lipinski definition) is 4. The molecule has 0 saturated carbocycles. The Morgan fingerprint density at radius 2 is 2.04 bits per heavy atom. The number of oxazole rings is 1. The molecule has 1 saturated heterocycles. The molecule has 5 nitrogen and oxygen atoms in total. The number of nitrogens with zero attached hydrogens (tertiary/aromatic N) is 4. The number of aromatic nitrogens is 3. The van der Waals surface area contributed by atoms with Gasteiger partial charge < -0.3 is 8.98 Å². The zero-order valence-electron chi connectivity index (χ0n) is 14.7. The molecule has 0 spiro atoms. The lowest BCUT2D eigenvalue weighted by Gasteiger charge is -2.21. The summed E-state index contributed by atoms with van der Waals surface area (Å²) in [6.07, 6.45) is 6.12. The largest absolute Gasteiger partial charge is 0.439 e. The van der Waals surface area contributed by atoms with Crippen LogP contribution in [0.3, 0.4) is 0 Å². The van der Waals surface area contributed by atoms with E-state index in [1.165, 1.54) is 42.9 Å². The number of para-hydroxylation sites is 2. The summed E-state index contributed by atoms with van der Waals surface area (Å²) in [5.74, 6) is 2.02. The molecule has 130 valence electrons. The summed E-state index contributed by atoms with van der Waals surface area (Å²) in [6, 6.07) is 8.54. The predicted molar refractivity (Wildman–Crippen MR) is 96.5 cm³/mol. The van der Waals surface area contributed by atoms with Crippen LogP contribution in [0.25, 0.3) is 11.1 Å². The maximum atomic E-state index is 5.90. The normalized spacial score (nSPS) is 21.1. The van der Waals surface area contributed by atoms with E-state index < -0.39 is 0 Å². The monoisotopic (exact) mass is 336 g/mol. The highest BCUT2D eigenvalue weighted by molar-refractivity contribution is 5.72. The van der Waals surface area contributed by atoms with Crippen LogP contribution in [0.5, 0.6) is 0 Å². The third-order valence-corrected chi connectivity index (χ3v) is 5.66. The molecule has 5 rings (SSSR count). The number of rotatable bonds is 3. The third kappa shape index (κ3) is 2.67. The molecular weight excluding hydrogens is 312 g/mol. The summed E-state index contributed by atoms with van der Waals surface area (Å²) in [6.45, 7) is 5.11. The Kier molecular flexibility index (Phi) is 3.63. The van der Waals surface area contributed by atoms with E-state index in [2.05, 4.69) is 21.4 Å². The van der Waals surface area contributed by atoms with Crippen LogP contribution in [-0.4, -0.2) is 32.5 Å². The van der Waals surface area contributed by atoms with Gasteiger partial charge in [-0.15, -0.1) is 0 Å². The predicted octanol–water partition coefficient (Wildman–Crippen LogP) is 3.66. The molecule has 0 N–H and O–H groups in total. The average Bonchev–Trinajstić information content (AvgIpc) is 3.30. The van der Waals surface area contributed by atoms with Gasteiger partial charge in [0.1, 0.15) is 11.3 Å². The molecule has 5 heteroatoms. The van der Waals surface area contributed by atoms with Crippen molar-refractivity contribution in [2.45, 2.75) is 51.6 Å². The van der Waals surface area contributed by atoms with Gasteiger partial charge in [-0.2, -0.15) is 0 Å². The SMILES string of the molecule is Cc1nc2c(n1C1CCN(Cc3nc4ccccc4o3)C1)CCCC2. The molecule has 1 unspecified atom stereocenters. The number of likely N-dealkylation sites (tertiary alicyclic amines) is 1. The number of aryl methyl sites for hydroxylation is 2. The molecule has 2 aliphatic rings. The highest BCUT2D eigenvalue weighted by Crippen LogP contribution is 2.31. The van der Waals surface area contributed by atoms with E-state index >= 15 is 0 Å². The molecule has 1 atom stereocenters. The van der Waals surface area contributed by atoms with Gasteiger partial charge in [0, 0.05) is 24.8 Å². The fourth-order valence-corrected chi connectivity index (χ4v) is 4.53. The second kappa shape index (κ2) is 5.99. The fraction of sp³-hybridized carbons (Fsp3) is 0.500. The van der Waals surface area contributed by atoms with Crippen LogP contribution in [0, 0.1) is 6.92 Å². The summed E-state index contributed by atoms with van der Waals surface area (Å²) in [5.41, 5.74) is 4.68. The van der Waals surface area contributed by atoms with Crippen molar-refractivity contribution in [3.8, 4) is 0 Å². The molecule has 0 amide bonds. The summed E-state index contributed by atoms with van der Waals surface area (Å²) in [5, 5.41) is 0. The van der Waals surface area contributed by atoms with Crippen LogP contribution in [0.4, 0.5) is 0 Å². The van der Waals surface area contributed by atoms with Gasteiger partial charge in [-0.25, -0.2) is 9.97 Å². The van der Waals surface area contributed by atoms with Crippen molar-refractivity contribution in [2.24, 2.45) is 0 Å². The number of benzene rings is 1. The van der Waals surface area contributed by atoms with E-state index in [0.717, 1.165) is 43.0 Å². The average molecular weight is 336 g/mol. The van der Waals surface area contributed by atoms with Crippen molar-refractivity contribution < 1.29 is 4.42 Å². The van der Waals surface area contributed by atoms with Crippen molar-refractivity contribution in [1.29, 1.82) is 0 Å². The standard InChI is InChI=1S/C20H24N4O/c1-14-21-16-6-2-4-8-18(16)24(14)15-10-11-23(12-15)13-20-22-17-7-3-5-9-19(17)25-20/h3,5,7,9,15H,2,4,6,8,10-13H2,1H3. The summed E-state index contributed by atoms with van der Waals surface area (Å²) < 4.78 is 8.43. The van der Waals surface area contributed by atoms with Gasteiger partial charge in [-0.05, 0) is 51.2 Å². The lowest BCUT2D eigenvalue weighted by molar-refractivity contribution is 0.283.